The van der Waals surface area contributed by atoms with Crippen molar-refractivity contribution in [2.75, 3.05) is 7.05 Å². The fourth-order valence-corrected chi connectivity index (χ4v) is 0.374. The minimum Gasteiger partial charge on any atom is -0.509 e. The Labute approximate surface area is 61.0 Å². The van der Waals surface area contributed by atoms with Gasteiger partial charge in [-0.15, -0.1) is 0 Å². The number of nitriles is 1. The van der Waals surface area contributed by atoms with E-state index in [4.69, 9.17) is 10.4 Å². The number of aliphatic hydroxyl groups excluding tert-OH is 1. The lowest BCUT2D eigenvalue weighted by Gasteiger charge is -2.13. The molecule has 10 heavy (non-hydrogen) atoms. The zero-order valence-electron chi connectivity index (χ0n) is 6.47. The van der Waals surface area contributed by atoms with Crippen molar-refractivity contribution < 1.29 is 5.11 Å². The molecule has 0 saturated carbocycles. The van der Waals surface area contributed by atoms with Gasteiger partial charge in [-0.25, -0.2) is 0 Å². The summed E-state index contributed by atoms with van der Waals surface area (Å²) in [4.78, 5) is 0. The summed E-state index contributed by atoms with van der Waals surface area (Å²) in [5.74, 6) is 0.0532. The van der Waals surface area contributed by atoms with Gasteiger partial charge in [-0.2, -0.15) is 5.26 Å². The van der Waals surface area contributed by atoms with E-state index in [0.717, 1.165) is 0 Å². The number of aliphatic hydroxyl groups is 1. The molecular formula is C7H12N2O. The van der Waals surface area contributed by atoms with E-state index >= 15 is 0 Å². The Kier molecular flexibility index (Phi) is 2.75. The monoisotopic (exact) mass is 140 g/mol. The Hall–Kier alpha value is -1.17. The number of nitrogens with one attached hydrogen (secondary N) is 1. The van der Waals surface area contributed by atoms with Crippen LogP contribution in [-0.4, -0.2) is 12.2 Å². The maximum atomic E-state index is 9.15. The maximum Gasteiger partial charge on any atom is 0.127 e. The SMILES string of the molecule is CN/C=C(\O)C(C)(C)C#N. The molecule has 0 rings (SSSR count). The summed E-state index contributed by atoms with van der Waals surface area (Å²) >= 11 is 0. The van der Waals surface area contributed by atoms with Gasteiger partial charge >= 0.3 is 0 Å². The molecule has 0 fully saturated rings. The molecule has 0 spiro atoms. The summed E-state index contributed by atoms with van der Waals surface area (Å²) in [6, 6.07) is 1.97. The highest BCUT2D eigenvalue weighted by Crippen LogP contribution is 2.21. The molecule has 0 heterocycles. The molecule has 0 aliphatic carbocycles. The van der Waals surface area contributed by atoms with Crippen LogP contribution in [0.2, 0.25) is 0 Å². The van der Waals surface area contributed by atoms with Crippen LogP contribution in [0.5, 0.6) is 0 Å². The van der Waals surface area contributed by atoms with Gasteiger partial charge in [-0.1, -0.05) is 0 Å². The first-order valence-electron chi connectivity index (χ1n) is 3.02. The number of rotatable bonds is 2. The Morgan fingerprint density at radius 3 is 2.50 bits per heavy atom. The second-order valence-electron chi connectivity index (χ2n) is 2.56. The van der Waals surface area contributed by atoms with Crippen molar-refractivity contribution in [1.29, 1.82) is 5.26 Å². The highest BCUT2D eigenvalue weighted by molar-refractivity contribution is 5.12. The molecule has 0 unspecified atom stereocenters. The first-order chi connectivity index (χ1) is 4.54. The second kappa shape index (κ2) is 3.11. The molecule has 2 N–H and O–H groups in total. The molecule has 0 aromatic rings. The van der Waals surface area contributed by atoms with E-state index in [9.17, 15) is 0 Å². The van der Waals surface area contributed by atoms with E-state index in [1.165, 1.54) is 6.20 Å². The first kappa shape index (κ1) is 8.83. The quantitative estimate of drug-likeness (QED) is 0.566. The van der Waals surface area contributed by atoms with Crippen LogP contribution >= 0.6 is 0 Å². The normalized spacial score (nSPS) is 12.4. The van der Waals surface area contributed by atoms with E-state index < -0.39 is 5.41 Å². The predicted molar refractivity (Wildman–Crippen MR) is 39.2 cm³/mol. The van der Waals surface area contributed by atoms with E-state index in [-0.39, 0.29) is 5.76 Å². The lowest BCUT2D eigenvalue weighted by Crippen LogP contribution is -2.13. The van der Waals surface area contributed by atoms with Gasteiger partial charge in [-0.3, -0.25) is 0 Å². The van der Waals surface area contributed by atoms with Gasteiger partial charge in [0.15, 0.2) is 0 Å². The van der Waals surface area contributed by atoms with Gasteiger partial charge in [0.2, 0.25) is 0 Å². The Bertz CT molecular complexity index is 177. The number of allylic oxidation sites excluding steroid dienone is 1. The predicted octanol–water partition coefficient (Wildman–Crippen LogP) is 1.15. The molecule has 0 radical (unpaired) electrons. The second-order valence-corrected chi connectivity index (χ2v) is 2.56. The molecule has 0 aliphatic heterocycles. The van der Waals surface area contributed by atoms with Gasteiger partial charge in [0, 0.05) is 13.2 Å². The molecule has 0 atom stereocenters. The maximum absolute atomic E-state index is 9.15. The third-order valence-electron chi connectivity index (χ3n) is 1.20. The van der Waals surface area contributed by atoms with Crippen LogP contribution in [0.3, 0.4) is 0 Å². The van der Waals surface area contributed by atoms with Crippen molar-refractivity contribution in [2.45, 2.75) is 13.8 Å². The average molecular weight is 140 g/mol. The Morgan fingerprint density at radius 2 is 2.20 bits per heavy atom. The number of nitrogens with zero attached hydrogens (tertiary/aromatic N) is 1. The van der Waals surface area contributed by atoms with Crippen LogP contribution in [-0.2, 0) is 0 Å². The van der Waals surface area contributed by atoms with Crippen molar-refractivity contribution in [3.05, 3.63) is 12.0 Å². The van der Waals surface area contributed by atoms with Crippen LogP contribution in [0.15, 0.2) is 12.0 Å². The summed E-state index contributed by atoms with van der Waals surface area (Å²) < 4.78 is 0. The average Bonchev–Trinajstić information content (AvgIpc) is 1.89. The van der Waals surface area contributed by atoms with Gasteiger partial charge < -0.3 is 10.4 Å². The molecule has 56 valence electrons. The summed E-state index contributed by atoms with van der Waals surface area (Å²) in [7, 11) is 1.67. The number of hydrogen-bond acceptors (Lipinski definition) is 3. The zero-order chi connectivity index (χ0) is 8.20. The van der Waals surface area contributed by atoms with Crippen molar-refractivity contribution in [3.8, 4) is 6.07 Å². The molecule has 0 saturated heterocycles. The van der Waals surface area contributed by atoms with E-state index in [0.29, 0.717) is 0 Å². The summed E-state index contributed by atoms with van der Waals surface area (Å²) in [5, 5.41) is 20.3. The lowest BCUT2D eigenvalue weighted by atomic mass is 9.94. The van der Waals surface area contributed by atoms with Gasteiger partial charge in [-0.05, 0) is 13.8 Å². The zero-order valence-corrected chi connectivity index (χ0v) is 6.47. The fraction of sp³-hybridized carbons (Fsp3) is 0.571. The smallest absolute Gasteiger partial charge is 0.127 e. The van der Waals surface area contributed by atoms with E-state index in [1.54, 1.807) is 20.9 Å². The van der Waals surface area contributed by atoms with E-state index in [1.807, 2.05) is 6.07 Å². The highest BCUT2D eigenvalue weighted by atomic mass is 16.3. The van der Waals surface area contributed by atoms with Crippen LogP contribution in [0.1, 0.15) is 13.8 Å². The molecule has 0 aromatic carbocycles. The highest BCUT2D eigenvalue weighted by Gasteiger charge is 2.21. The molecule has 0 amide bonds. The fourth-order valence-electron chi connectivity index (χ4n) is 0.374. The van der Waals surface area contributed by atoms with Gasteiger partial charge in [0.25, 0.3) is 0 Å². The van der Waals surface area contributed by atoms with Crippen LogP contribution in [0.25, 0.3) is 0 Å². The topological polar surface area (TPSA) is 56.0 Å². The molecule has 0 aliphatic rings. The van der Waals surface area contributed by atoms with Crippen LogP contribution in [0, 0.1) is 16.7 Å². The lowest BCUT2D eigenvalue weighted by molar-refractivity contribution is 0.305. The van der Waals surface area contributed by atoms with Crippen molar-refractivity contribution >= 4 is 0 Å². The Balaban J connectivity index is 4.36. The standard InChI is InChI=1S/C7H12N2O/c1-7(2,5-8)6(10)4-9-3/h4,9-10H,1-3H3/b6-4-. The van der Waals surface area contributed by atoms with Gasteiger partial charge in [0.05, 0.1) is 6.07 Å². The third-order valence-corrected chi connectivity index (χ3v) is 1.20. The Morgan fingerprint density at radius 1 is 1.70 bits per heavy atom. The molecule has 0 bridgehead atoms. The molecular weight excluding hydrogens is 128 g/mol. The summed E-state index contributed by atoms with van der Waals surface area (Å²) in [6.07, 6.45) is 1.41. The van der Waals surface area contributed by atoms with Crippen molar-refractivity contribution in [3.63, 3.8) is 0 Å². The van der Waals surface area contributed by atoms with Crippen LogP contribution < -0.4 is 5.32 Å². The minimum atomic E-state index is -0.789. The van der Waals surface area contributed by atoms with E-state index in [2.05, 4.69) is 5.32 Å². The summed E-state index contributed by atoms with van der Waals surface area (Å²) in [6.45, 7) is 3.30. The first-order valence-corrected chi connectivity index (χ1v) is 3.02. The van der Waals surface area contributed by atoms with Crippen molar-refractivity contribution in [1.82, 2.24) is 5.32 Å². The van der Waals surface area contributed by atoms with Crippen molar-refractivity contribution in [2.24, 2.45) is 5.41 Å². The largest absolute Gasteiger partial charge is 0.509 e. The summed E-state index contributed by atoms with van der Waals surface area (Å²) in [5.41, 5.74) is -0.789. The molecule has 3 heteroatoms. The molecule has 3 nitrogen and oxygen atoms in total. The third kappa shape index (κ3) is 1.98. The minimum absolute atomic E-state index is 0.0532. The molecule has 0 aromatic heterocycles. The van der Waals surface area contributed by atoms with Crippen LogP contribution in [0.4, 0.5) is 0 Å². The number of hydrogen-bond donors (Lipinski definition) is 2. The van der Waals surface area contributed by atoms with Gasteiger partial charge in [0.1, 0.15) is 11.2 Å².